The molecule has 0 radical (unpaired) electrons. The Kier molecular flexibility index (Phi) is 9.17. The fraction of sp³-hybridized carbons (Fsp3) is 0.815. The van der Waals surface area contributed by atoms with Crippen molar-refractivity contribution < 1.29 is 27.9 Å². The molecule has 8 heteroatoms. The Balaban J connectivity index is 2.41. The van der Waals surface area contributed by atoms with Crippen LogP contribution in [0.15, 0.2) is 23.5 Å². The van der Waals surface area contributed by atoms with E-state index in [4.69, 9.17) is 23.1 Å². The van der Waals surface area contributed by atoms with E-state index in [1.54, 1.807) is 0 Å². The van der Waals surface area contributed by atoms with E-state index in [0.29, 0.717) is 11.3 Å². The van der Waals surface area contributed by atoms with Crippen LogP contribution in [0.2, 0.25) is 36.3 Å². The van der Waals surface area contributed by atoms with Gasteiger partial charge in [0.15, 0.2) is 22.9 Å². The third kappa shape index (κ3) is 6.57. The number of hydrogen-bond acceptors (Lipinski definition) is 6. The van der Waals surface area contributed by atoms with Crippen molar-refractivity contribution in [3.05, 3.63) is 23.5 Å². The van der Waals surface area contributed by atoms with E-state index < -0.39 is 28.3 Å². The Morgan fingerprint density at radius 2 is 1.43 bits per heavy atom. The molecule has 0 aromatic heterocycles. The highest BCUT2D eigenvalue weighted by Gasteiger charge is 2.55. The quantitative estimate of drug-likeness (QED) is 0.245. The van der Waals surface area contributed by atoms with Crippen LogP contribution in [0.25, 0.3) is 0 Å². The van der Waals surface area contributed by atoms with Gasteiger partial charge < -0.3 is 23.1 Å². The average molecular weight is 527 g/mol. The molecule has 2 rings (SSSR count). The van der Waals surface area contributed by atoms with E-state index in [1.807, 2.05) is 19.9 Å². The lowest BCUT2D eigenvalue weighted by Gasteiger charge is -2.42. The zero-order chi connectivity index (χ0) is 27.0. The summed E-state index contributed by atoms with van der Waals surface area (Å²) >= 11 is 0. The molecule has 0 aliphatic carbocycles. The van der Waals surface area contributed by atoms with Gasteiger partial charge in [0.25, 0.3) is 0 Å². The largest absolute Gasteiger partial charge is 0.475 e. The van der Waals surface area contributed by atoms with Crippen LogP contribution in [-0.2, 0) is 27.9 Å². The maximum atomic E-state index is 13.9. The second kappa shape index (κ2) is 10.5. The van der Waals surface area contributed by atoms with Gasteiger partial charge in [0.05, 0.1) is 13.2 Å². The molecule has 1 saturated heterocycles. The second-order valence-electron chi connectivity index (χ2n) is 13.1. The van der Waals surface area contributed by atoms with Gasteiger partial charge in [0.1, 0.15) is 18.0 Å². The molecule has 202 valence electrons. The lowest BCUT2D eigenvalue weighted by atomic mass is 9.96. The Labute approximate surface area is 216 Å². The second-order valence-corrected chi connectivity index (χ2v) is 22.7. The van der Waals surface area contributed by atoms with E-state index >= 15 is 0 Å². The van der Waals surface area contributed by atoms with E-state index in [2.05, 4.69) is 80.7 Å². The molecule has 2 aliphatic rings. The van der Waals surface area contributed by atoms with Crippen molar-refractivity contribution in [2.24, 2.45) is 0 Å². The van der Waals surface area contributed by atoms with Crippen LogP contribution in [0.5, 0.6) is 0 Å². The van der Waals surface area contributed by atoms with Crippen molar-refractivity contribution in [1.29, 1.82) is 0 Å². The van der Waals surface area contributed by atoms with Crippen LogP contribution >= 0.6 is 0 Å². The van der Waals surface area contributed by atoms with Gasteiger partial charge in [-0.1, -0.05) is 60.6 Å². The highest BCUT2D eigenvalue weighted by molar-refractivity contribution is 6.74. The minimum absolute atomic E-state index is 0.00924. The highest BCUT2D eigenvalue weighted by Crippen LogP contribution is 2.43. The zero-order valence-corrected chi connectivity index (χ0v) is 26.5. The molecule has 0 saturated carbocycles. The van der Waals surface area contributed by atoms with Crippen LogP contribution in [0.1, 0.15) is 68.7 Å². The standard InChI is InChI=1S/C27H50O6Si2/c1-14-15-16-21-23(32-20(3)31-21)22-19(2)24(28)27(33-22,17-29-34(10,11)25(4,5)6)18-30-35(12,13)26(7,8)9/h15-16,20-21,23H,14,17-18H2,1-13H3/b16-15-/t20?,21-,23-/m0/s1. The molecule has 6 nitrogen and oxygen atoms in total. The fourth-order valence-corrected chi connectivity index (χ4v) is 5.61. The van der Waals surface area contributed by atoms with Crippen LogP contribution in [0, 0.1) is 0 Å². The van der Waals surface area contributed by atoms with Crippen molar-refractivity contribution in [3.8, 4) is 0 Å². The Morgan fingerprint density at radius 1 is 0.943 bits per heavy atom. The van der Waals surface area contributed by atoms with Crippen molar-refractivity contribution in [1.82, 2.24) is 0 Å². The molecule has 1 fully saturated rings. The molecule has 2 aliphatic heterocycles. The lowest BCUT2D eigenvalue weighted by molar-refractivity contribution is -0.140. The number of Topliss-reactive ketones (excluding diaryl/α,β-unsaturated/α-hetero) is 1. The summed E-state index contributed by atoms with van der Waals surface area (Å²) in [5.74, 6) is 0.467. The van der Waals surface area contributed by atoms with Crippen molar-refractivity contribution in [2.45, 2.75) is 129 Å². The number of rotatable bonds is 9. The molecule has 1 unspecified atom stereocenters. The summed E-state index contributed by atoms with van der Waals surface area (Å²) in [4.78, 5) is 13.9. The van der Waals surface area contributed by atoms with Crippen LogP contribution in [-0.4, -0.2) is 59.7 Å². The van der Waals surface area contributed by atoms with Gasteiger partial charge in [-0.15, -0.1) is 0 Å². The van der Waals surface area contributed by atoms with E-state index in [1.165, 1.54) is 0 Å². The first-order chi connectivity index (χ1) is 15.8. The van der Waals surface area contributed by atoms with Gasteiger partial charge in [-0.2, -0.15) is 0 Å². The normalized spacial score (nSPS) is 26.2. The molecule has 0 bridgehead atoms. The number of hydrogen-bond donors (Lipinski definition) is 0. The fourth-order valence-electron chi connectivity index (χ4n) is 3.55. The summed E-state index contributed by atoms with van der Waals surface area (Å²) in [6.45, 7) is 28.0. The number of allylic oxidation sites excluding steroid dienone is 1. The predicted octanol–water partition coefficient (Wildman–Crippen LogP) is 6.74. The molecular formula is C27H50O6Si2. The van der Waals surface area contributed by atoms with Gasteiger partial charge >= 0.3 is 0 Å². The van der Waals surface area contributed by atoms with Gasteiger partial charge in [0, 0.05) is 5.57 Å². The zero-order valence-electron chi connectivity index (χ0n) is 24.5. The number of carbonyl (C=O) groups excluding carboxylic acids is 1. The minimum atomic E-state index is -2.14. The van der Waals surface area contributed by atoms with E-state index in [0.717, 1.165) is 6.42 Å². The highest BCUT2D eigenvalue weighted by atomic mass is 28.4. The third-order valence-corrected chi connectivity index (χ3v) is 17.1. The van der Waals surface area contributed by atoms with Gasteiger partial charge in [-0.25, -0.2) is 0 Å². The Hall–Kier alpha value is -0.776. The van der Waals surface area contributed by atoms with Gasteiger partial charge in [-0.3, -0.25) is 4.79 Å². The molecule has 3 atom stereocenters. The summed E-state index contributed by atoms with van der Waals surface area (Å²) in [5.41, 5.74) is -0.654. The summed E-state index contributed by atoms with van der Waals surface area (Å²) in [5, 5.41) is 0.0185. The van der Waals surface area contributed by atoms with Crippen LogP contribution < -0.4 is 0 Å². The van der Waals surface area contributed by atoms with Crippen molar-refractivity contribution in [3.63, 3.8) is 0 Å². The smallest absolute Gasteiger partial charge is 0.214 e. The van der Waals surface area contributed by atoms with Crippen molar-refractivity contribution in [2.75, 3.05) is 13.2 Å². The monoisotopic (exact) mass is 526 g/mol. The number of ketones is 1. The van der Waals surface area contributed by atoms with Crippen LogP contribution in [0.3, 0.4) is 0 Å². The predicted molar refractivity (Wildman–Crippen MR) is 146 cm³/mol. The van der Waals surface area contributed by atoms with E-state index in [9.17, 15) is 4.79 Å². The first-order valence-electron chi connectivity index (χ1n) is 13.0. The first-order valence-corrected chi connectivity index (χ1v) is 18.8. The summed E-state index contributed by atoms with van der Waals surface area (Å²) in [7, 11) is -4.28. The van der Waals surface area contributed by atoms with Crippen molar-refractivity contribution >= 4 is 22.4 Å². The van der Waals surface area contributed by atoms with Gasteiger partial charge in [0.2, 0.25) is 11.4 Å². The molecular weight excluding hydrogens is 476 g/mol. The lowest BCUT2D eigenvalue weighted by Crippen LogP contribution is -2.54. The molecule has 35 heavy (non-hydrogen) atoms. The summed E-state index contributed by atoms with van der Waals surface area (Å²) in [6, 6.07) is 0. The number of ether oxygens (including phenoxy) is 3. The number of carbonyl (C=O) groups is 1. The minimum Gasteiger partial charge on any atom is -0.475 e. The summed E-state index contributed by atoms with van der Waals surface area (Å²) < 4.78 is 31.9. The molecule has 0 aromatic carbocycles. The molecule has 0 amide bonds. The SMILES string of the molecule is CC/C=C\[C@@H]1OC(C)O[C@@H]1C1=C(C)C(=O)C(CO[Si](C)(C)C(C)(C)C)(CO[Si](C)(C)C(C)(C)C)O1. The topological polar surface area (TPSA) is 63.2 Å². The molecule has 0 N–H and O–H groups in total. The third-order valence-electron chi connectivity index (χ3n) is 8.18. The molecule has 2 heterocycles. The average Bonchev–Trinajstić information content (AvgIpc) is 3.20. The van der Waals surface area contributed by atoms with Crippen LogP contribution in [0.4, 0.5) is 0 Å². The Morgan fingerprint density at radius 3 is 1.86 bits per heavy atom. The molecule has 0 aromatic rings. The first kappa shape index (κ1) is 30.4. The maximum absolute atomic E-state index is 13.9. The summed E-state index contributed by atoms with van der Waals surface area (Å²) in [6.07, 6.45) is 3.79. The van der Waals surface area contributed by atoms with E-state index in [-0.39, 0.29) is 41.5 Å². The van der Waals surface area contributed by atoms with Gasteiger partial charge in [-0.05, 0) is 56.5 Å². The Bertz CT molecular complexity index is 802. The maximum Gasteiger partial charge on any atom is 0.214 e. The molecule has 0 spiro atoms.